The van der Waals surface area contributed by atoms with Gasteiger partial charge in [-0.05, 0) is 12.1 Å². The predicted molar refractivity (Wildman–Crippen MR) is 53.5 cm³/mol. The van der Waals surface area contributed by atoms with Crippen molar-refractivity contribution in [3.05, 3.63) is 37.1 Å². The van der Waals surface area contributed by atoms with Crippen LogP contribution in [0.5, 0.6) is 0 Å². The van der Waals surface area contributed by atoms with E-state index in [9.17, 15) is 0 Å². The van der Waals surface area contributed by atoms with Crippen LogP contribution in [0.2, 0.25) is 0 Å². The third-order valence-electron chi connectivity index (χ3n) is 2.14. The Kier molecular flexibility index (Phi) is 1.83. The van der Waals surface area contributed by atoms with E-state index >= 15 is 0 Å². The van der Waals surface area contributed by atoms with Crippen LogP contribution in [0.1, 0.15) is 25.6 Å². The first-order valence-electron chi connectivity index (χ1n) is 4.42. The summed E-state index contributed by atoms with van der Waals surface area (Å²) in [6.45, 7) is 4.18. The molecule has 2 aromatic rings. The number of hydrogen-bond donors (Lipinski definition) is 0. The van der Waals surface area contributed by atoms with E-state index in [1.165, 1.54) is 0 Å². The Morgan fingerprint density at radius 3 is 2.62 bits per heavy atom. The van der Waals surface area contributed by atoms with Crippen molar-refractivity contribution in [3.8, 4) is 0 Å². The van der Waals surface area contributed by atoms with Crippen LogP contribution >= 0.6 is 0 Å². The van der Waals surface area contributed by atoms with Crippen molar-refractivity contribution >= 4 is 11.0 Å². The molecule has 0 bridgehead atoms. The quantitative estimate of drug-likeness (QED) is 0.646. The van der Waals surface area contributed by atoms with Gasteiger partial charge in [0.2, 0.25) is 0 Å². The fraction of sp³-hybridized carbons (Fsp3) is 0.273. The van der Waals surface area contributed by atoms with Gasteiger partial charge in [0.25, 0.3) is 0 Å². The van der Waals surface area contributed by atoms with Crippen molar-refractivity contribution in [3.63, 3.8) is 0 Å². The highest BCUT2D eigenvalue weighted by Gasteiger charge is 2.09. The lowest BCUT2D eigenvalue weighted by Gasteiger charge is -2.03. The number of hydrogen-bond acceptors (Lipinski definition) is 1. The second-order valence-electron chi connectivity index (χ2n) is 3.48. The summed E-state index contributed by atoms with van der Waals surface area (Å²) in [5.74, 6) is 1.29. The zero-order valence-electron chi connectivity index (χ0n) is 7.86. The molecule has 0 unspecified atom stereocenters. The van der Waals surface area contributed by atoms with Crippen molar-refractivity contribution in [2.24, 2.45) is 0 Å². The van der Waals surface area contributed by atoms with Crippen molar-refractivity contribution in [1.82, 2.24) is 9.55 Å². The van der Waals surface area contributed by atoms with E-state index in [4.69, 9.17) is 7.05 Å². The molecule has 1 heterocycles. The number of fused-ring (bicyclic) bond motifs is 1. The second kappa shape index (κ2) is 2.87. The number of benzene rings is 1. The van der Waals surface area contributed by atoms with Gasteiger partial charge in [-0.15, -0.1) is 0 Å². The van der Waals surface area contributed by atoms with Crippen LogP contribution in [0.25, 0.3) is 11.0 Å². The largest absolute Gasteiger partial charge is 0.320 e. The Morgan fingerprint density at radius 2 is 2.00 bits per heavy atom. The number of nitrogens with zero attached hydrogens (tertiary/aromatic N) is 2. The molecule has 2 rings (SSSR count). The van der Waals surface area contributed by atoms with E-state index in [1.807, 2.05) is 24.3 Å². The van der Waals surface area contributed by atoms with Gasteiger partial charge in [0, 0.05) is 5.92 Å². The maximum absolute atomic E-state index is 5.89. The molecule has 13 heavy (non-hydrogen) atoms. The molecule has 0 aliphatic heterocycles. The topological polar surface area (TPSA) is 17.8 Å². The van der Waals surface area contributed by atoms with Crippen LogP contribution in [-0.2, 0) is 0 Å². The van der Waals surface area contributed by atoms with E-state index in [-0.39, 0.29) is 0 Å². The molecule has 0 atom stereocenters. The lowest BCUT2D eigenvalue weighted by atomic mass is 10.2. The molecular formula is C11H12N2. The normalized spacial score (nSPS) is 11.4. The highest BCUT2D eigenvalue weighted by molar-refractivity contribution is 5.76. The minimum absolute atomic E-state index is 0.359. The monoisotopic (exact) mass is 172 g/mol. The molecule has 0 saturated carbocycles. The zero-order chi connectivity index (χ0) is 9.42. The molecule has 0 spiro atoms. The van der Waals surface area contributed by atoms with E-state index < -0.39 is 0 Å². The molecule has 2 heteroatoms. The SMILES string of the molecule is [CH]n1c(C(C)C)nc2ccccc21. The summed E-state index contributed by atoms with van der Waals surface area (Å²) >= 11 is 0. The molecule has 0 N–H and O–H groups in total. The van der Waals surface area contributed by atoms with Crippen LogP contribution in [0.4, 0.5) is 0 Å². The van der Waals surface area contributed by atoms with E-state index in [1.54, 1.807) is 4.57 Å². The minimum Gasteiger partial charge on any atom is -0.320 e. The highest BCUT2D eigenvalue weighted by atomic mass is 15.1. The molecule has 1 aromatic heterocycles. The van der Waals surface area contributed by atoms with E-state index in [0.717, 1.165) is 16.9 Å². The fourth-order valence-electron chi connectivity index (χ4n) is 1.47. The summed E-state index contributed by atoms with van der Waals surface area (Å²) in [5, 5.41) is 0. The van der Waals surface area contributed by atoms with Crippen LogP contribution in [-0.4, -0.2) is 9.55 Å². The molecular weight excluding hydrogens is 160 g/mol. The molecule has 0 fully saturated rings. The Labute approximate surface area is 78.2 Å². The number of rotatable bonds is 1. The number of aromatic nitrogens is 2. The average Bonchev–Trinajstić information content (AvgIpc) is 2.45. The van der Waals surface area contributed by atoms with Gasteiger partial charge in [0.1, 0.15) is 5.82 Å². The summed E-state index contributed by atoms with van der Waals surface area (Å²) < 4.78 is 1.67. The fourth-order valence-corrected chi connectivity index (χ4v) is 1.47. The van der Waals surface area contributed by atoms with Crippen molar-refractivity contribution < 1.29 is 0 Å². The van der Waals surface area contributed by atoms with Crippen molar-refractivity contribution in [1.29, 1.82) is 0 Å². The Balaban J connectivity index is 2.74. The zero-order valence-corrected chi connectivity index (χ0v) is 7.86. The Morgan fingerprint density at radius 1 is 1.31 bits per heavy atom. The molecule has 0 aliphatic carbocycles. The van der Waals surface area contributed by atoms with E-state index in [2.05, 4.69) is 18.8 Å². The molecule has 0 aliphatic rings. The Bertz CT molecular complexity index is 427. The molecule has 2 nitrogen and oxygen atoms in total. The van der Waals surface area contributed by atoms with Crippen LogP contribution in [0.3, 0.4) is 0 Å². The molecule has 1 aromatic carbocycles. The molecule has 2 radical (unpaired) electrons. The summed E-state index contributed by atoms with van der Waals surface area (Å²) in [7, 11) is 5.89. The molecule has 0 amide bonds. The third-order valence-corrected chi connectivity index (χ3v) is 2.14. The first-order chi connectivity index (χ1) is 6.20. The summed E-state index contributed by atoms with van der Waals surface area (Å²) in [6.07, 6.45) is 0. The standard InChI is InChI=1S/C11H12N2/c1-8(2)11-12-9-6-4-5-7-10(9)13(11)3/h3-8H,1-2H3. The van der Waals surface area contributed by atoms with Gasteiger partial charge in [0.05, 0.1) is 18.1 Å². The van der Waals surface area contributed by atoms with Crippen LogP contribution in [0, 0.1) is 7.05 Å². The molecule has 66 valence electrons. The first kappa shape index (κ1) is 8.30. The summed E-state index contributed by atoms with van der Waals surface area (Å²) in [6, 6.07) is 7.90. The lowest BCUT2D eigenvalue weighted by molar-refractivity contribution is 0.758. The second-order valence-corrected chi connectivity index (χ2v) is 3.48. The maximum atomic E-state index is 5.89. The van der Waals surface area contributed by atoms with Crippen LogP contribution < -0.4 is 0 Å². The van der Waals surface area contributed by atoms with Gasteiger partial charge in [-0.25, -0.2) is 4.98 Å². The molecule has 0 saturated heterocycles. The average molecular weight is 172 g/mol. The van der Waals surface area contributed by atoms with Gasteiger partial charge in [-0.1, -0.05) is 26.0 Å². The first-order valence-corrected chi connectivity index (χ1v) is 4.42. The summed E-state index contributed by atoms with van der Waals surface area (Å²) in [4.78, 5) is 4.45. The summed E-state index contributed by atoms with van der Waals surface area (Å²) in [5.41, 5.74) is 1.96. The van der Waals surface area contributed by atoms with Crippen molar-refractivity contribution in [2.75, 3.05) is 0 Å². The lowest BCUT2D eigenvalue weighted by Crippen LogP contribution is -1.97. The number of imidazole rings is 1. The third kappa shape index (κ3) is 1.22. The van der Waals surface area contributed by atoms with Gasteiger partial charge in [-0.3, -0.25) is 0 Å². The Hall–Kier alpha value is -1.31. The van der Waals surface area contributed by atoms with E-state index in [0.29, 0.717) is 5.92 Å². The van der Waals surface area contributed by atoms with Crippen molar-refractivity contribution in [2.45, 2.75) is 19.8 Å². The maximum Gasteiger partial charge on any atom is 0.112 e. The van der Waals surface area contributed by atoms with Gasteiger partial charge in [0.15, 0.2) is 0 Å². The van der Waals surface area contributed by atoms with Gasteiger partial charge >= 0.3 is 0 Å². The number of para-hydroxylation sites is 2. The minimum atomic E-state index is 0.359. The predicted octanol–water partition coefficient (Wildman–Crippen LogP) is 2.68. The smallest absolute Gasteiger partial charge is 0.112 e. The van der Waals surface area contributed by atoms with Gasteiger partial charge < -0.3 is 4.57 Å². The highest BCUT2D eigenvalue weighted by Crippen LogP contribution is 2.19. The van der Waals surface area contributed by atoms with Gasteiger partial charge in [-0.2, -0.15) is 0 Å². The van der Waals surface area contributed by atoms with Crippen LogP contribution in [0.15, 0.2) is 24.3 Å².